The topological polar surface area (TPSA) is 77.7 Å². The summed E-state index contributed by atoms with van der Waals surface area (Å²) in [7, 11) is -3.77. The van der Waals surface area contributed by atoms with Gasteiger partial charge in [0, 0.05) is 0 Å². The molecule has 7 heteroatoms. The third kappa shape index (κ3) is 2.87. The third-order valence-electron chi connectivity index (χ3n) is 3.68. The van der Waals surface area contributed by atoms with Gasteiger partial charge in [0.05, 0.1) is 10.9 Å². The van der Waals surface area contributed by atoms with E-state index in [0.29, 0.717) is 0 Å². The van der Waals surface area contributed by atoms with Crippen LogP contribution in [0.4, 0.5) is 0 Å². The molecular weight excluding hydrogens is 312 g/mol. The average Bonchev–Trinajstić information content (AvgIpc) is 3.06. The molecule has 0 bridgehead atoms. The molecule has 0 aliphatic rings. The molecule has 0 fully saturated rings. The normalized spacial score (nSPS) is 13.0. The molecule has 1 atom stereocenters. The number of hydrogen-bond donors (Lipinski definition) is 0. The average molecular weight is 328 g/mol. The van der Waals surface area contributed by atoms with Gasteiger partial charge in [0.25, 0.3) is 5.16 Å². The highest BCUT2D eigenvalue weighted by molar-refractivity contribution is 7.91. The van der Waals surface area contributed by atoms with Gasteiger partial charge in [0.1, 0.15) is 0 Å². The highest BCUT2D eigenvalue weighted by Crippen LogP contribution is 2.24. The Hall–Kier alpha value is -2.54. The summed E-state index contributed by atoms with van der Waals surface area (Å²) in [4.78, 5) is 0.180. The highest BCUT2D eigenvalue weighted by Gasteiger charge is 2.27. The number of benzene rings is 2. The summed E-state index contributed by atoms with van der Waals surface area (Å²) in [6.07, 6.45) is 0. The highest BCUT2D eigenvalue weighted by atomic mass is 32.2. The summed E-state index contributed by atoms with van der Waals surface area (Å²) in [6.45, 7) is 3.76. The quantitative estimate of drug-likeness (QED) is 0.735. The molecule has 0 saturated carbocycles. The molecule has 3 rings (SSSR count). The lowest BCUT2D eigenvalue weighted by Gasteiger charge is -2.13. The predicted molar refractivity (Wildman–Crippen MR) is 84.7 cm³/mol. The molecule has 0 N–H and O–H groups in total. The van der Waals surface area contributed by atoms with Crippen molar-refractivity contribution in [2.75, 3.05) is 0 Å². The van der Waals surface area contributed by atoms with Crippen LogP contribution >= 0.6 is 0 Å². The molecule has 2 aromatic carbocycles. The van der Waals surface area contributed by atoms with Crippen LogP contribution in [0.15, 0.2) is 64.6 Å². The molecular formula is C16H16N4O2S. The first-order chi connectivity index (χ1) is 11.0. The minimum absolute atomic E-state index is 0.155. The smallest absolute Gasteiger partial charge is 0.215 e. The Morgan fingerprint density at radius 3 is 2.30 bits per heavy atom. The summed E-state index contributed by atoms with van der Waals surface area (Å²) in [6, 6.07) is 15.9. The Morgan fingerprint density at radius 2 is 1.65 bits per heavy atom. The number of rotatable bonds is 4. The Labute approximate surface area is 134 Å². The van der Waals surface area contributed by atoms with Crippen molar-refractivity contribution in [3.8, 4) is 0 Å². The second-order valence-corrected chi connectivity index (χ2v) is 7.15. The largest absolute Gasteiger partial charge is 0.273 e. The van der Waals surface area contributed by atoms with Gasteiger partial charge < -0.3 is 0 Å². The summed E-state index contributed by atoms with van der Waals surface area (Å²) >= 11 is 0. The molecule has 0 saturated heterocycles. The Bertz CT molecular complexity index is 903. The van der Waals surface area contributed by atoms with Crippen LogP contribution in [0.2, 0.25) is 0 Å². The number of nitrogens with zero attached hydrogens (tertiary/aromatic N) is 4. The fraction of sp³-hybridized carbons (Fsp3) is 0.188. The van der Waals surface area contributed by atoms with Gasteiger partial charge in [0.15, 0.2) is 0 Å². The Morgan fingerprint density at radius 1 is 1.00 bits per heavy atom. The molecule has 1 heterocycles. The lowest BCUT2D eigenvalue weighted by Crippen LogP contribution is -2.16. The van der Waals surface area contributed by atoms with Crippen molar-refractivity contribution in [2.45, 2.75) is 29.9 Å². The molecule has 23 heavy (non-hydrogen) atoms. The fourth-order valence-corrected chi connectivity index (χ4v) is 3.59. The number of tetrazole rings is 1. The van der Waals surface area contributed by atoms with Crippen molar-refractivity contribution in [1.29, 1.82) is 0 Å². The van der Waals surface area contributed by atoms with Crippen molar-refractivity contribution < 1.29 is 8.42 Å². The fourth-order valence-electron chi connectivity index (χ4n) is 2.30. The number of hydrogen-bond acceptors (Lipinski definition) is 5. The van der Waals surface area contributed by atoms with Crippen LogP contribution in [0, 0.1) is 6.92 Å². The van der Waals surface area contributed by atoms with E-state index in [4.69, 9.17) is 0 Å². The molecule has 3 aromatic rings. The second kappa shape index (κ2) is 5.92. The summed E-state index contributed by atoms with van der Waals surface area (Å²) in [5, 5.41) is 11.0. The maximum Gasteiger partial charge on any atom is 0.273 e. The molecule has 0 amide bonds. The minimum atomic E-state index is -3.77. The zero-order valence-corrected chi connectivity index (χ0v) is 13.6. The van der Waals surface area contributed by atoms with Gasteiger partial charge in [-0.15, -0.1) is 0 Å². The maximum absolute atomic E-state index is 12.8. The molecule has 0 aliphatic carbocycles. The molecule has 0 spiro atoms. The van der Waals surface area contributed by atoms with Crippen LogP contribution in [-0.4, -0.2) is 28.6 Å². The zero-order chi connectivity index (χ0) is 16.4. The summed E-state index contributed by atoms with van der Waals surface area (Å²) in [5.74, 6) is 0. The van der Waals surface area contributed by atoms with E-state index in [1.165, 1.54) is 4.68 Å². The van der Waals surface area contributed by atoms with Crippen LogP contribution in [0.1, 0.15) is 24.1 Å². The summed E-state index contributed by atoms with van der Waals surface area (Å²) < 4.78 is 26.9. The van der Waals surface area contributed by atoms with Gasteiger partial charge in [-0.05, 0) is 42.0 Å². The van der Waals surface area contributed by atoms with E-state index < -0.39 is 9.84 Å². The van der Waals surface area contributed by atoms with Crippen LogP contribution in [0.5, 0.6) is 0 Å². The lowest BCUT2D eigenvalue weighted by atomic mass is 10.1. The van der Waals surface area contributed by atoms with E-state index in [9.17, 15) is 8.42 Å². The molecule has 0 radical (unpaired) electrons. The van der Waals surface area contributed by atoms with Gasteiger partial charge in [0.2, 0.25) is 9.84 Å². The minimum Gasteiger partial charge on any atom is -0.215 e. The van der Waals surface area contributed by atoms with Crippen LogP contribution in [0.3, 0.4) is 0 Å². The van der Waals surface area contributed by atoms with E-state index >= 15 is 0 Å². The van der Waals surface area contributed by atoms with Gasteiger partial charge >= 0.3 is 0 Å². The van der Waals surface area contributed by atoms with Gasteiger partial charge in [-0.1, -0.05) is 53.1 Å². The second-order valence-electron chi connectivity index (χ2n) is 5.31. The molecule has 1 unspecified atom stereocenters. The molecule has 118 valence electrons. The van der Waals surface area contributed by atoms with Crippen molar-refractivity contribution in [1.82, 2.24) is 20.2 Å². The maximum atomic E-state index is 12.8. The molecule has 6 nitrogen and oxygen atoms in total. The number of sulfone groups is 1. The van der Waals surface area contributed by atoms with Gasteiger partial charge in [-0.2, -0.15) is 0 Å². The summed E-state index contributed by atoms with van der Waals surface area (Å²) in [5.41, 5.74) is 1.92. The van der Waals surface area contributed by atoms with E-state index in [-0.39, 0.29) is 16.1 Å². The van der Waals surface area contributed by atoms with Crippen molar-refractivity contribution >= 4 is 9.84 Å². The SMILES string of the molecule is Cc1ccc(S(=O)(=O)c2nnnn2C(C)c2ccccc2)cc1. The van der Waals surface area contributed by atoms with Crippen molar-refractivity contribution in [3.63, 3.8) is 0 Å². The first kappa shape index (κ1) is 15.4. The third-order valence-corrected chi connectivity index (χ3v) is 5.33. The van der Waals surface area contributed by atoms with Crippen LogP contribution < -0.4 is 0 Å². The monoisotopic (exact) mass is 328 g/mol. The van der Waals surface area contributed by atoms with Gasteiger partial charge in [-0.3, -0.25) is 0 Å². The van der Waals surface area contributed by atoms with Crippen molar-refractivity contribution in [3.05, 3.63) is 65.7 Å². The molecule has 0 aliphatic heterocycles. The standard InChI is InChI=1S/C16H16N4O2S/c1-12-8-10-15(11-9-12)23(21,22)16-17-18-19-20(16)13(2)14-6-4-3-5-7-14/h3-11,13H,1-2H3. The van der Waals surface area contributed by atoms with Crippen molar-refractivity contribution in [2.24, 2.45) is 0 Å². The van der Waals surface area contributed by atoms with Crippen LogP contribution in [-0.2, 0) is 9.84 Å². The number of aryl methyl sites for hydroxylation is 1. The van der Waals surface area contributed by atoms with Crippen LogP contribution in [0.25, 0.3) is 0 Å². The predicted octanol–water partition coefficient (Wildman–Crippen LogP) is 2.42. The Balaban J connectivity index is 2.05. The Kier molecular flexibility index (Phi) is 3.96. The van der Waals surface area contributed by atoms with E-state index in [0.717, 1.165) is 11.1 Å². The van der Waals surface area contributed by atoms with E-state index in [2.05, 4.69) is 15.5 Å². The molecule has 1 aromatic heterocycles. The van der Waals surface area contributed by atoms with Gasteiger partial charge in [-0.25, -0.2) is 13.1 Å². The van der Waals surface area contributed by atoms with E-state index in [1.54, 1.807) is 24.3 Å². The lowest BCUT2D eigenvalue weighted by molar-refractivity contribution is 0.487. The number of aromatic nitrogens is 4. The first-order valence-electron chi connectivity index (χ1n) is 7.15. The zero-order valence-electron chi connectivity index (χ0n) is 12.8. The van der Waals surface area contributed by atoms with E-state index in [1.807, 2.05) is 44.2 Å². The first-order valence-corrected chi connectivity index (χ1v) is 8.63.